The third-order valence-corrected chi connectivity index (χ3v) is 5.01. The van der Waals surface area contributed by atoms with E-state index < -0.39 is 0 Å². The van der Waals surface area contributed by atoms with E-state index in [1.165, 1.54) is 6.92 Å². The number of benzene rings is 1. The molecular formula is C22H22N6O2. The van der Waals surface area contributed by atoms with Crippen molar-refractivity contribution in [3.8, 4) is 0 Å². The first-order valence-electron chi connectivity index (χ1n) is 9.69. The molecule has 1 aliphatic rings. The summed E-state index contributed by atoms with van der Waals surface area (Å²) in [6.07, 6.45) is 5.17. The molecule has 2 aromatic heterocycles. The summed E-state index contributed by atoms with van der Waals surface area (Å²) in [6, 6.07) is 11.4. The predicted molar refractivity (Wildman–Crippen MR) is 115 cm³/mol. The first-order valence-corrected chi connectivity index (χ1v) is 9.69. The van der Waals surface area contributed by atoms with E-state index in [1.807, 2.05) is 36.4 Å². The van der Waals surface area contributed by atoms with E-state index in [0.717, 1.165) is 28.2 Å². The largest absolute Gasteiger partial charge is 0.326 e. The Morgan fingerprint density at radius 1 is 1.17 bits per heavy atom. The number of rotatable bonds is 6. The van der Waals surface area contributed by atoms with Crippen LogP contribution in [0.15, 0.2) is 48.8 Å². The van der Waals surface area contributed by atoms with Crippen LogP contribution >= 0.6 is 0 Å². The summed E-state index contributed by atoms with van der Waals surface area (Å²) in [7, 11) is 1.72. The highest BCUT2D eigenvalue weighted by molar-refractivity contribution is 5.99. The maximum atomic E-state index is 11.7. The first kappa shape index (κ1) is 19.5. The van der Waals surface area contributed by atoms with Crippen molar-refractivity contribution in [1.29, 1.82) is 0 Å². The van der Waals surface area contributed by atoms with Crippen LogP contribution in [0, 0.1) is 0 Å². The van der Waals surface area contributed by atoms with Gasteiger partial charge in [0, 0.05) is 43.4 Å². The molecule has 4 rings (SSSR count). The SMILES string of the molecule is CC(=O)N(C)c1ncccc1CCc1ccnc(Nc2ccc3c(c2)CC(=O)N3)n1. The Kier molecular flexibility index (Phi) is 5.38. The fourth-order valence-corrected chi connectivity index (χ4v) is 3.37. The van der Waals surface area contributed by atoms with Crippen molar-refractivity contribution in [2.75, 3.05) is 22.6 Å². The van der Waals surface area contributed by atoms with Crippen LogP contribution in [-0.4, -0.2) is 33.8 Å². The van der Waals surface area contributed by atoms with Gasteiger partial charge in [0.1, 0.15) is 5.82 Å². The van der Waals surface area contributed by atoms with E-state index in [4.69, 9.17) is 0 Å². The number of aromatic nitrogens is 3. The second-order valence-corrected chi connectivity index (χ2v) is 7.16. The van der Waals surface area contributed by atoms with Crippen LogP contribution in [0.5, 0.6) is 0 Å². The number of aryl methyl sites for hydroxylation is 2. The molecule has 0 atom stereocenters. The molecule has 152 valence electrons. The van der Waals surface area contributed by atoms with E-state index in [-0.39, 0.29) is 11.8 Å². The number of pyridine rings is 1. The highest BCUT2D eigenvalue weighted by atomic mass is 16.2. The number of hydrogen-bond acceptors (Lipinski definition) is 6. The van der Waals surface area contributed by atoms with Gasteiger partial charge >= 0.3 is 0 Å². The Bertz CT molecular complexity index is 1110. The molecule has 30 heavy (non-hydrogen) atoms. The summed E-state index contributed by atoms with van der Waals surface area (Å²) >= 11 is 0. The number of hydrogen-bond donors (Lipinski definition) is 2. The van der Waals surface area contributed by atoms with Gasteiger partial charge in [-0.2, -0.15) is 0 Å². The Labute approximate surface area is 174 Å². The maximum absolute atomic E-state index is 11.7. The summed E-state index contributed by atoms with van der Waals surface area (Å²) in [5, 5.41) is 6.03. The van der Waals surface area contributed by atoms with E-state index in [2.05, 4.69) is 25.6 Å². The van der Waals surface area contributed by atoms with Gasteiger partial charge in [0.2, 0.25) is 17.8 Å². The molecular weight excluding hydrogens is 380 g/mol. The van der Waals surface area contributed by atoms with Gasteiger partial charge in [0.25, 0.3) is 0 Å². The minimum absolute atomic E-state index is 0.00517. The number of nitrogens with one attached hydrogen (secondary N) is 2. The Morgan fingerprint density at radius 2 is 2.03 bits per heavy atom. The molecule has 0 unspecified atom stereocenters. The standard InChI is InChI=1S/C22H22N6O2/c1-14(29)28(2)21-15(4-3-10-23-21)5-6-17-9-11-24-22(25-17)26-18-7-8-19-16(12-18)13-20(30)27-19/h3-4,7-12H,5-6,13H2,1-2H3,(H,27,30)(H,24,25,26). The molecule has 1 aromatic carbocycles. The second-order valence-electron chi connectivity index (χ2n) is 7.16. The van der Waals surface area contributed by atoms with E-state index in [9.17, 15) is 9.59 Å². The third-order valence-electron chi connectivity index (χ3n) is 5.01. The number of carbonyl (C=O) groups excluding carboxylic acids is 2. The first-order chi connectivity index (χ1) is 14.5. The Balaban J connectivity index is 1.46. The number of amides is 2. The van der Waals surface area contributed by atoms with Crippen molar-refractivity contribution in [2.45, 2.75) is 26.2 Å². The number of anilines is 4. The van der Waals surface area contributed by atoms with Crippen LogP contribution in [0.3, 0.4) is 0 Å². The zero-order chi connectivity index (χ0) is 21.1. The maximum Gasteiger partial charge on any atom is 0.228 e. The van der Waals surface area contributed by atoms with Gasteiger partial charge in [0.05, 0.1) is 6.42 Å². The highest BCUT2D eigenvalue weighted by Crippen LogP contribution is 2.27. The summed E-state index contributed by atoms with van der Waals surface area (Å²) in [6.45, 7) is 1.52. The molecule has 1 aliphatic heterocycles. The van der Waals surface area contributed by atoms with Gasteiger partial charge in [-0.25, -0.2) is 15.0 Å². The minimum atomic E-state index is -0.0604. The van der Waals surface area contributed by atoms with Crippen molar-refractivity contribution in [3.63, 3.8) is 0 Å². The lowest BCUT2D eigenvalue weighted by Gasteiger charge is -2.17. The fraction of sp³-hybridized carbons (Fsp3) is 0.227. The monoisotopic (exact) mass is 402 g/mol. The summed E-state index contributed by atoms with van der Waals surface area (Å²) < 4.78 is 0. The van der Waals surface area contributed by atoms with Crippen LogP contribution in [-0.2, 0) is 28.9 Å². The molecule has 0 spiro atoms. The van der Waals surface area contributed by atoms with Crippen LogP contribution < -0.4 is 15.5 Å². The Morgan fingerprint density at radius 3 is 2.87 bits per heavy atom. The van der Waals surface area contributed by atoms with Gasteiger partial charge in [-0.05, 0) is 54.3 Å². The molecule has 3 heterocycles. The van der Waals surface area contributed by atoms with E-state index in [1.54, 1.807) is 24.3 Å². The normalized spacial score (nSPS) is 12.3. The molecule has 2 amide bonds. The summed E-state index contributed by atoms with van der Waals surface area (Å²) in [5.41, 5.74) is 4.51. The van der Waals surface area contributed by atoms with Gasteiger partial charge < -0.3 is 10.6 Å². The van der Waals surface area contributed by atoms with Gasteiger partial charge in [-0.1, -0.05) is 6.07 Å². The topological polar surface area (TPSA) is 100 Å². The Hall–Kier alpha value is -3.81. The average molecular weight is 402 g/mol. The zero-order valence-corrected chi connectivity index (χ0v) is 16.8. The van der Waals surface area contributed by atoms with Crippen molar-refractivity contribution in [2.24, 2.45) is 0 Å². The highest BCUT2D eigenvalue weighted by Gasteiger charge is 2.17. The number of nitrogens with zero attached hydrogens (tertiary/aromatic N) is 4. The van der Waals surface area contributed by atoms with Gasteiger partial charge in [-0.3, -0.25) is 14.5 Å². The van der Waals surface area contributed by atoms with Crippen LogP contribution in [0.4, 0.5) is 23.1 Å². The van der Waals surface area contributed by atoms with Crippen molar-refractivity contribution < 1.29 is 9.59 Å². The number of carbonyl (C=O) groups is 2. The molecule has 0 saturated heterocycles. The molecule has 0 fully saturated rings. The molecule has 2 N–H and O–H groups in total. The van der Waals surface area contributed by atoms with E-state index >= 15 is 0 Å². The smallest absolute Gasteiger partial charge is 0.228 e. The van der Waals surface area contributed by atoms with Gasteiger partial charge in [-0.15, -0.1) is 0 Å². The lowest BCUT2D eigenvalue weighted by atomic mass is 10.1. The molecule has 0 aliphatic carbocycles. The minimum Gasteiger partial charge on any atom is -0.326 e. The summed E-state index contributed by atoms with van der Waals surface area (Å²) in [4.78, 5) is 38.0. The lowest BCUT2D eigenvalue weighted by Crippen LogP contribution is -2.25. The van der Waals surface area contributed by atoms with Crippen molar-refractivity contribution in [1.82, 2.24) is 15.0 Å². The molecule has 8 nitrogen and oxygen atoms in total. The molecule has 3 aromatic rings. The van der Waals surface area contributed by atoms with Crippen molar-refractivity contribution >= 4 is 35.0 Å². The fourth-order valence-electron chi connectivity index (χ4n) is 3.37. The average Bonchev–Trinajstić information content (AvgIpc) is 3.11. The van der Waals surface area contributed by atoms with Crippen LogP contribution in [0.25, 0.3) is 0 Å². The molecule has 0 radical (unpaired) electrons. The lowest BCUT2D eigenvalue weighted by molar-refractivity contribution is -0.116. The van der Waals surface area contributed by atoms with Gasteiger partial charge in [0.15, 0.2) is 0 Å². The predicted octanol–water partition coefficient (Wildman–Crippen LogP) is 2.88. The molecule has 0 bridgehead atoms. The second kappa shape index (κ2) is 8.28. The molecule has 0 saturated carbocycles. The summed E-state index contributed by atoms with van der Waals surface area (Å²) in [5.74, 6) is 1.11. The van der Waals surface area contributed by atoms with Crippen LogP contribution in [0.1, 0.15) is 23.7 Å². The quantitative estimate of drug-likeness (QED) is 0.658. The third kappa shape index (κ3) is 4.27. The van der Waals surface area contributed by atoms with Crippen molar-refractivity contribution in [3.05, 3.63) is 65.6 Å². The molecule has 8 heteroatoms. The zero-order valence-electron chi connectivity index (χ0n) is 16.8. The van der Waals surface area contributed by atoms with E-state index in [0.29, 0.717) is 31.0 Å². The number of fused-ring (bicyclic) bond motifs is 1. The van der Waals surface area contributed by atoms with Crippen LogP contribution in [0.2, 0.25) is 0 Å².